The molecule has 2 aromatic rings. The minimum Gasteiger partial charge on any atom is -0.368 e. The zero-order chi connectivity index (χ0) is 13.8. The van der Waals surface area contributed by atoms with Crippen LogP contribution < -0.4 is 10.6 Å². The number of hydrogen-bond acceptors (Lipinski definition) is 6. The third kappa shape index (κ3) is 3.01. The van der Waals surface area contributed by atoms with Crippen molar-refractivity contribution in [3.05, 3.63) is 35.9 Å². The first-order chi connectivity index (χ1) is 9.81. The summed E-state index contributed by atoms with van der Waals surface area (Å²) in [6.07, 6.45) is 5.99. The van der Waals surface area contributed by atoms with Crippen LogP contribution in [-0.2, 0) is 6.42 Å². The summed E-state index contributed by atoms with van der Waals surface area (Å²) in [6.45, 7) is 1.99. The third-order valence-corrected chi connectivity index (χ3v) is 3.39. The molecule has 1 aliphatic heterocycles. The van der Waals surface area contributed by atoms with E-state index in [-0.39, 0.29) is 5.95 Å². The molecule has 1 saturated heterocycles. The molecule has 2 aromatic heterocycles. The average Bonchev–Trinajstić information content (AvgIpc) is 2.49. The summed E-state index contributed by atoms with van der Waals surface area (Å²) in [6, 6.07) is 5.81. The summed E-state index contributed by atoms with van der Waals surface area (Å²) < 4.78 is 0. The molecule has 1 aliphatic rings. The molecule has 20 heavy (non-hydrogen) atoms. The fourth-order valence-electron chi connectivity index (χ4n) is 2.40. The summed E-state index contributed by atoms with van der Waals surface area (Å²) in [7, 11) is 0. The highest BCUT2D eigenvalue weighted by Crippen LogP contribution is 2.16. The molecule has 3 rings (SSSR count). The molecule has 0 bridgehead atoms. The lowest BCUT2D eigenvalue weighted by Gasteiger charge is -2.26. The van der Waals surface area contributed by atoms with Crippen LogP contribution in [0, 0.1) is 0 Å². The van der Waals surface area contributed by atoms with Gasteiger partial charge >= 0.3 is 0 Å². The molecule has 0 amide bonds. The first-order valence-electron chi connectivity index (χ1n) is 6.96. The number of aromatic nitrogens is 4. The van der Waals surface area contributed by atoms with E-state index in [0.717, 1.165) is 18.8 Å². The van der Waals surface area contributed by atoms with Crippen molar-refractivity contribution in [2.75, 3.05) is 23.7 Å². The lowest BCUT2D eigenvalue weighted by Crippen LogP contribution is -2.31. The van der Waals surface area contributed by atoms with E-state index in [4.69, 9.17) is 5.73 Å². The van der Waals surface area contributed by atoms with E-state index >= 15 is 0 Å². The Morgan fingerprint density at radius 2 is 1.90 bits per heavy atom. The molecule has 0 saturated carbocycles. The average molecular weight is 270 g/mol. The second kappa shape index (κ2) is 5.81. The van der Waals surface area contributed by atoms with E-state index in [1.54, 1.807) is 6.20 Å². The fraction of sp³-hybridized carbons (Fsp3) is 0.429. The zero-order valence-electron chi connectivity index (χ0n) is 11.4. The summed E-state index contributed by atoms with van der Waals surface area (Å²) in [5.74, 6) is 1.66. The van der Waals surface area contributed by atoms with Gasteiger partial charge in [0, 0.05) is 25.0 Å². The molecular weight excluding hydrogens is 252 g/mol. The van der Waals surface area contributed by atoms with Crippen LogP contribution in [0.1, 0.15) is 30.8 Å². The lowest BCUT2D eigenvalue weighted by molar-refractivity contribution is 0.566. The highest BCUT2D eigenvalue weighted by atomic mass is 15.3. The van der Waals surface area contributed by atoms with Gasteiger partial charge in [-0.3, -0.25) is 4.98 Å². The Hall–Kier alpha value is -2.24. The Balaban J connectivity index is 1.82. The number of piperidine rings is 1. The number of nitrogens with two attached hydrogens (primary N) is 1. The van der Waals surface area contributed by atoms with Crippen LogP contribution in [0.2, 0.25) is 0 Å². The second-order valence-corrected chi connectivity index (χ2v) is 4.96. The number of anilines is 2. The van der Waals surface area contributed by atoms with Crippen LogP contribution in [0.3, 0.4) is 0 Å². The molecule has 6 nitrogen and oxygen atoms in total. The standard InChI is InChI=1S/C14H18N6/c15-13-17-12(10-11-6-2-3-7-16-11)18-14(19-13)20-8-4-1-5-9-20/h2-3,6-7H,1,4-5,8-10H2,(H2,15,17,18,19). The first kappa shape index (κ1) is 12.8. The van der Waals surface area contributed by atoms with Gasteiger partial charge in [0.15, 0.2) is 0 Å². The Kier molecular flexibility index (Phi) is 3.71. The van der Waals surface area contributed by atoms with Crippen molar-refractivity contribution in [2.24, 2.45) is 0 Å². The molecule has 2 N–H and O–H groups in total. The summed E-state index contributed by atoms with van der Waals surface area (Å²) in [4.78, 5) is 19.5. The lowest BCUT2D eigenvalue weighted by atomic mass is 10.1. The van der Waals surface area contributed by atoms with Gasteiger partial charge in [-0.25, -0.2) is 0 Å². The third-order valence-electron chi connectivity index (χ3n) is 3.39. The highest BCUT2D eigenvalue weighted by molar-refractivity contribution is 5.35. The Morgan fingerprint density at radius 1 is 1.05 bits per heavy atom. The van der Waals surface area contributed by atoms with Gasteiger partial charge in [0.05, 0.1) is 6.42 Å². The van der Waals surface area contributed by atoms with Crippen molar-refractivity contribution in [2.45, 2.75) is 25.7 Å². The van der Waals surface area contributed by atoms with Crippen molar-refractivity contribution in [3.63, 3.8) is 0 Å². The van der Waals surface area contributed by atoms with Crippen LogP contribution in [0.15, 0.2) is 24.4 Å². The summed E-state index contributed by atoms with van der Waals surface area (Å²) in [5, 5.41) is 0. The number of nitrogens with zero attached hydrogens (tertiary/aromatic N) is 5. The highest BCUT2D eigenvalue weighted by Gasteiger charge is 2.15. The molecule has 0 radical (unpaired) electrons. The van der Waals surface area contributed by atoms with Gasteiger partial charge in [0.25, 0.3) is 0 Å². The van der Waals surface area contributed by atoms with E-state index in [9.17, 15) is 0 Å². The number of nitrogen functional groups attached to an aromatic ring is 1. The first-order valence-corrected chi connectivity index (χ1v) is 6.96. The predicted molar refractivity (Wildman–Crippen MR) is 77.3 cm³/mol. The quantitative estimate of drug-likeness (QED) is 0.908. The van der Waals surface area contributed by atoms with Crippen molar-refractivity contribution in [3.8, 4) is 0 Å². The van der Waals surface area contributed by atoms with Crippen molar-refractivity contribution in [1.29, 1.82) is 0 Å². The summed E-state index contributed by atoms with van der Waals surface area (Å²) >= 11 is 0. The smallest absolute Gasteiger partial charge is 0.230 e. The van der Waals surface area contributed by atoms with Crippen LogP contribution in [0.4, 0.5) is 11.9 Å². The minimum absolute atomic E-state index is 0.284. The Bertz CT molecular complexity index is 565. The molecule has 0 atom stereocenters. The van der Waals surface area contributed by atoms with Gasteiger partial charge in [0.2, 0.25) is 11.9 Å². The molecule has 0 aliphatic carbocycles. The maximum Gasteiger partial charge on any atom is 0.230 e. The van der Waals surface area contributed by atoms with Gasteiger partial charge in [-0.1, -0.05) is 6.07 Å². The Morgan fingerprint density at radius 3 is 2.65 bits per heavy atom. The zero-order valence-corrected chi connectivity index (χ0v) is 11.4. The molecule has 104 valence electrons. The van der Waals surface area contributed by atoms with E-state index in [0.29, 0.717) is 18.2 Å². The molecule has 3 heterocycles. The van der Waals surface area contributed by atoms with Gasteiger partial charge in [-0.2, -0.15) is 15.0 Å². The molecule has 0 aromatic carbocycles. The fourth-order valence-corrected chi connectivity index (χ4v) is 2.40. The maximum absolute atomic E-state index is 5.81. The van der Waals surface area contributed by atoms with Gasteiger partial charge in [-0.05, 0) is 31.4 Å². The molecule has 0 unspecified atom stereocenters. The van der Waals surface area contributed by atoms with E-state index in [1.165, 1.54) is 19.3 Å². The SMILES string of the molecule is Nc1nc(Cc2ccccn2)nc(N2CCCCC2)n1. The van der Waals surface area contributed by atoms with E-state index in [1.807, 2.05) is 18.2 Å². The monoisotopic (exact) mass is 270 g/mol. The maximum atomic E-state index is 5.81. The van der Waals surface area contributed by atoms with Gasteiger partial charge < -0.3 is 10.6 Å². The van der Waals surface area contributed by atoms with Crippen molar-refractivity contribution in [1.82, 2.24) is 19.9 Å². The largest absolute Gasteiger partial charge is 0.368 e. The van der Waals surface area contributed by atoms with Crippen molar-refractivity contribution < 1.29 is 0 Å². The van der Waals surface area contributed by atoms with E-state index in [2.05, 4.69) is 24.8 Å². The predicted octanol–water partition coefficient (Wildman–Crippen LogP) is 1.43. The van der Waals surface area contributed by atoms with Crippen molar-refractivity contribution >= 4 is 11.9 Å². The number of pyridine rings is 1. The molecule has 1 fully saturated rings. The molecular formula is C14H18N6. The second-order valence-electron chi connectivity index (χ2n) is 4.96. The van der Waals surface area contributed by atoms with Gasteiger partial charge in [0.1, 0.15) is 5.82 Å². The summed E-state index contributed by atoms with van der Waals surface area (Å²) in [5.41, 5.74) is 6.74. The number of hydrogen-bond donors (Lipinski definition) is 1. The van der Waals surface area contributed by atoms with Crippen LogP contribution in [0.25, 0.3) is 0 Å². The van der Waals surface area contributed by atoms with Gasteiger partial charge in [-0.15, -0.1) is 0 Å². The Labute approximate surface area is 118 Å². The number of rotatable bonds is 3. The normalized spacial score (nSPS) is 15.3. The van der Waals surface area contributed by atoms with E-state index < -0.39 is 0 Å². The molecule has 0 spiro atoms. The molecule has 6 heteroatoms. The van der Waals surface area contributed by atoms with Crippen LogP contribution >= 0.6 is 0 Å². The minimum atomic E-state index is 0.284. The topological polar surface area (TPSA) is 80.8 Å². The van der Waals surface area contributed by atoms with Crippen LogP contribution in [-0.4, -0.2) is 33.0 Å². The van der Waals surface area contributed by atoms with Crippen LogP contribution in [0.5, 0.6) is 0 Å².